The number of rotatable bonds is 16. The van der Waals surface area contributed by atoms with Crippen molar-refractivity contribution in [2.75, 3.05) is 52.6 Å². The van der Waals surface area contributed by atoms with Crippen LogP contribution in [-0.4, -0.2) is 83.5 Å². The van der Waals surface area contributed by atoms with Crippen LogP contribution in [0.5, 0.6) is 0 Å². The van der Waals surface area contributed by atoms with Crippen LogP contribution in [0.1, 0.15) is 58.3 Å². The molecule has 0 saturated heterocycles. The monoisotopic (exact) mass is 365 g/mol. The van der Waals surface area contributed by atoms with E-state index in [-0.39, 0.29) is 26.4 Å². The van der Waals surface area contributed by atoms with Crippen molar-refractivity contribution in [1.29, 1.82) is 0 Å². The second-order valence-electron chi connectivity index (χ2n) is 6.45. The maximum absolute atomic E-state index is 9.00. The van der Waals surface area contributed by atoms with Crippen LogP contribution >= 0.6 is 0 Å². The van der Waals surface area contributed by atoms with Gasteiger partial charge in [0.05, 0.1) is 26.2 Å². The fourth-order valence-electron chi connectivity index (χ4n) is 2.91. The Morgan fingerprint density at radius 2 is 0.840 bits per heavy atom. The summed E-state index contributed by atoms with van der Waals surface area (Å²) in [7, 11) is 0. The number of quaternary nitrogens is 1. The molecular weight excluding hydrogens is 326 g/mol. The van der Waals surface area contributed by atoms with Crippen LogP contribution in [0.2, 0.25) is 0 Å². The lowest BCUT2D eigenvalue weighted by Crippen LogP contribution is -2.51. The van der Waals surface area contributed by atoms with Crippen LogP contribution < -0.4 is 5.11 Å². The number of carbonyl (C=O) groups excluding carboxylic acids is 1. The van der Waals surface area contributed by atoms with E-state index in [0.717, 1.165) is 89.0 Å². The van der Waals surface area contributed by atoms with Crippen molar-refractivity contribution in [3.05, 3.63) is 0 Å². The van der Waals surface area contributed by atoms with Crippen molar-refractivity contribution < 1.29 is 34.8 Å². The standard InChI is InChI=1S/C16H36NO4.C2H4O2/c18-13-5-1-9-17(10-2-6-14-19,11-3-7-15-20)12-4-8-16-21;1-2(3)4/h18-21H,1-16H2;1H3,(H,3,4)/q+1;/p-1. The number of nitrogens with zero attached hydrogens (tertiary/aromatic N) is 1. The normalized spacial score (nSPS) is 11.1. The Morgan fingerprint density at radius 3 is 1.00 bits per heavy atom. The van der Waals surface area contributed by atoms with Gasteiger partial charge in [0.15, 0.2) is 0 Å². The summed E-state index contributed by atoms with van der Waals surface area (Å²) >= 11 is 0. The second-order valence-corrected chi connectivity index (χ2v) is 6.45. The van der Waals surface area contributed by atoms with E-state index in [9.17, 15) is 0 Å². The van der Waals surface area contributed by atoms with Crippen molar-refractivity contribution in [3.63, 3.8) is 0 Å². The van der Waals surface area contributed by atoms with Crippen molar-refractivity contribution in [2.45, 2.75) is 58.3 Å². The third-order valence-electron chi connectivity index (χ3n) is 4.16. The molecule has 0 aromatic heterocycles. The number of hydrogen-bond acceptors (Lipinski definition) is 6. The van der Waals surface area contributed by atoms with Crippen LogP contribution in [0.25, 0.3) is 0 Å². The molecule has 4 N–H and O–H groups in total. The molecule has 0 amide bonds. The first-order valence-corrected chi connectivity index (χ1v) is 9.44. The van der Waals surface area contributed by atoms with E-state index in [1.807, 2.05) is 0 Å². The number of carbonyl (C=O) groups is 1. The minimum absolute atomic E-state index is 0.240. The molecule has 7 nitrogen and oxygen atoms in total. The fourth-order valence-corrected chi connectivity index (χ4v) is 2.91. The lowest BCUT2D eigenvalue weighted by atomic mass is 10.1. The van der Waals surface area contributed by atoms with Gasteiger partial charge in [-0.1, -0.05) is 0 Å². The van der Waals surface area contributed by atoms with Gasteiger partial charge in [0.2, 0.25) is 0 Å². The number of aliphatic hydroxyl groups is 4. The third kappa shape index (κ3) is 19.4. The third-order valence-corrected chi connectivity index (χ3v) is 4.16. The van der Waals surface area contributed by atoms with E-state index < -0.39 is 5.97 Å². The van der Waals surface area contributed by atoms with Gasteiger partial charge in [0.25, 0.3) is 0 Å². The molecule has 0 aliphatic rings. The average molecular weight is 366 g/mol. The Balaban J connectivity index is 0. The van der Waals surface area contributed by atoms with Crippen molar-refractivity contribution in [2.24, 2.45) is 0 Å². The first-order chi connectivity index (χ1) is 12.0. The van der Waals surface area contributed by atoms with Gasteiger partial charge in [-0.3, -0.25) is 0 Å². The first-order valence-electron chi connectivity index (χ1n) is 9.44. The fraction of sp³-hybridized carbons (Fsp3) is 0.944. The number of unbranched alkanes of at least 4 members (excludes halogenated alkanes) is 4. The number of carboxylic acid groups (broad SMARTS) is 1. The summed E-state index contributed by atoms with van der Waals surface area (Å²) < 4.78 is 1.00. The van der Waals surface area contributed by atoms with Gasteiger partial charge in [0, 0.05) is 32.4 Å². The van der Waals surface area contributed by atoms with Gasteiger partial charge in [-0.05, 0) is 58.3 Å². The summed E-state index contributed by atoms with van der Waals surface area (Å²) in [6.07, 6.45) is 7.36. The van der Waals surface area contributed by atoms with E-state index in [0.29, 0.717) is 0 Å². The predicted molar refractivity (Wildman–Crippen MR) is 95.7 cm³/mol. The van der Waals surface area contributed by atoms with Crippen LogP contribution in [0.15, 0.2) is 0 Å². The van der Waals surface area contributed by atoms with Gasteiger partial charge in [-0.2, -0.15) is 0 Å². The summed E-state index contributed by atoms with van der Waals surface area (Å²) in [4.78, 5) is 8.89. The van der Waals surface area contributed by atoms with Crippen molar-refractivity contribution in [3.8, 4) is 0 Å². The molecule has 0 bridgehead atoms. The Labute approximate surface area is 152 Å². The zero-order valence-electron chi connectivity index (χ0n) is 15.9. The van der Waals surface area contributed by atoms with Gasteiger partial charge in [-0.15, -0.1) is 0 Å². The summed E-state index contributed by atoms with van der Waals surface area (Å²) in [6, 6.07) is 0. The molecule has 0 aromatic rings. The molecule has 0 saturated carbocycles. The molecule has 0 radical (unpaired) electrons. The average Bonchev–Trinajstić information content (AvgIpc) is 2.55. The molecule has 152 valence electrons. The van der Waals surface area contributed by atoms with Gasteiger partial charge in [0.1, 0.15) is 0 Å². The molecule has 0 aromatic carbocycles. The highest BCUT2D eigenvalue weighted by atomic mass is 16.4. The molecule has 0 spiro atoms. The van der Waals surface area contributed by atoms with Crippen LogP contribution in [0.3, 0.4) is 0 Å². The van der Waals surface area contributed by atoms with E-state index in [1.165, 1.54) is 0 Å². The summed E-state index contributed by atoms with van der Waals surface area (Å²) in [5.41, 5.74) is 0. The highest BCUT2D eigenvalue weighted by Gasteiger charge is 2.25. The van der Waals surface area contributed by atoms with Gasteiger partial charge < -0.3 is 34.8 Å². The summed E-state index contributed by atoms with van der Waals surface area (Å²) in [6.45, 7) is 6.11. The summed E-state index contributed by atoms with van der Waals surface area (Å²) in [5.74, 6) is -1.08. The number of aliphatic carboxylic acids is 1. The second kappa shape index (κ2) is 19.6. The Bertz CT molecular complexity index is 239. The smallest absolute Gasteiger partial charge is 0.0787 e. The molecule has 0 aliphatic heterocycles. The highest BCUT2D eigenvalue weighted by Crippen LogP contribution is 2.16. The maximum atomic E-state index is 9.00. The van der Waals surface area contributed by atoms with Gasteiger partial charge in [-0.25, -0.2) is 0 Å². The Kier molecular flexibility index (Phi) is 20.8. The van der Waals surface area contributed by atoms with E-state index in [1.54, 1.807) is 0 Å². The quantitative estimate of drug-likeness (QED) is 0.219. The minimum atomic E-state index is -1.08. The van der Waals surface area contributed by atoms with Crippen LogP contribution in [0.4, 0.5) is 0 Å². The number of hydrogen-bond donors (Lipinski definition) is 4. The van der Waals surface area contributed by atoms with E-state index in [4.69, 9.17) is 30.3 Å². The predicted octanol–water partition coefficient (Wildman–Crippen LogP) is -0.351. The largest absolute Gasteiger partial charge is 0.550 e. The van der Waals surface area contributed by atoms with Crippen LogP contribution in [-0.2, 0) is 4.79 Å². The molecule has 0 rings (SSSR count). The molecule has 7 heteroatoms. The Hall–Kier alpha value is -0.730. The Morgan fingerprint density at radius 1 is 0.640 bits per heavy atom. The lowest BCUT2D eigenvalue weighted by Gasteiger charge is -2.39. The molecule has 0 fully saturated rings. The maximum Gasteiger partial charge on any atom is 0.0787 e. The number of aliphatic hydroxyl groups excluding tert-OH is 4. The molecule has 0 atom stereocenters. The van der Waals surface area contributed by atoms with E-state index in [2.05, 4.69) is 0 Å². The highest BCUT2D eigenvalue weighted by molar-refractivity contribution is 5.60. The van der Waals surface area contributed by atoms with Gasteiger partial charge >= 0.3 is 0 Å². The minimum Gasteiger partial charge on any atom is -0.550 e. The SMILES string of the molecule is CC(=O)[O-].OCCCC[N+](CCCCO)(CCCCO)CCCCO. The zero-order valence-corrected chi connectivity index (χ0v) is 15.9. The molecule has 0 aliphatic carbocycles. The van der Waals surface area contributed by atoms with Crippen molar-refractivity contribution >= 4 is 5.97 Å². The first kappa shape index (κ1) is 26.5. The molecule has 25 heavy (non-hydrogen) atoms. The van der Waals surface area contributed by atoms with Crippen molar-refractivity contribution in [1.82, 2.24) is 0 Å². The topological polar surface area (TPSA) is 121 Å². The van der Waals surface area contributed by atoms with E-state index >= 15 is 0 Å². The molecular formula is C18H39NO6. The zero-order chi connectivity index (χ0) is 19.4. The van der Waals surface area contributed by atoms with Crippen LogP contribution in [0, 0.1) is 0 Å². The lowest BCUT2D eigenvalue weighted by molar-refractivity contribution is -0.929. The molecule has 0 unspecified atom stereocenters. The molecule has 0 heterocycles. The number of carboxylic acids is 1. The summed E-state index contributed by atoms with van der Waals surface area (Å²) in [5, 5.41) is 44.9.